The molecule has 1 aliphatic carbocycles. The molecule has 3 rings (SSSR count). The van der Waals surface area contributed by atoms with Crippen LogP contribution in [0.3, 0.4) is 0 Å². The summed E-state index contributed by atoms with van der Waals surface area (Å²) in [6.45, 7) is 9.03. The highest BCUT2D eigenvalue weighted by Crippen LogP contribution is 2.29. The molecule has 1 aromatic heterocycles. The lowest BCUT2D eigenvalue weighted by atomic mass is 9.90. The number of ether oxygens (including phenoxy) is 2. The standard InChI is InChI=1S/C20H32N2O3/c1-14-11-17(16(3)22(14)15(2)13-24-4)19(23)12-21-9-10-25-20-8-6-5-7-18(20)21/h11,15,18,20H,5-10,12-13H2,1-4H3/t15-,18-,20-/m0/s1. The van der Waals surface area contributed by atoms with Crippen LogP contribution >= 0.6 is 0 Å². The summed E-state index contributed by atoms with van der Waals surface area (Å²) in [5, 5.41) is 0. The van der Waals surface area contributed by atoms with Crippen molar-refractivity contribution in [3.05, 3.63) is 23.0 Å². The fourth-order valence-electron chi connectivity index (χ4n) is 4.70. The molecule has 25 heavy (non-hydrogen) atoms. The van der Waals surface area contributed by atoms with E-state index in [4.69, 9.17) is 9.47 Å². The number of hydrogen-bond acceptors (Lipinski definition) is 4. The van der Waals surface area contributed by atoms with Crippen molar-refractivity contribution in [2.75, 3.05) is 33.4 Å². The second-order valence-corrected chi connectivity index (χ2v) is 7.61. The molecular formula is C20H32N2O3. The van der Waals surface area contributed by atoms with Gasteiger partial charge in [0.05, 0.1) is 31.9 Å². The monoisotopic (exact) mass is 348 g/mol. The zero-order valence-corrected chi connectivity index (χ0v) is 16.1. The fraction of sp³-hybridized carbons (Fsp3) is 0.750. The molecule has 0 N–H and O–H groups in total. The van der Waals surface area contributed by atoms with Crippen LogP contribution in [-0.4, -0.2) is 60.8 Å². The van der Waals surface area contributed by atoms with E-state index >= 15 is 0 Å². The van der Waals surface area contributed by atoms with Gasteiger partial charge in [0.1, 0.15) is 0 Å². The second-order valence-electron chi connectivity index (χ2n) is 7.61. The molecule has 0 spiro atoms. The minimum absolute atomic E-state index is 0.232. The number of aryl methyl sites for hydroxylation is 1. The lowest BCUT2D eigenvalue weighted by Crippen LogP contribution is -2.54. The molecule has 2 fully saturated rings. The molecule has 5 heteroatoms. The average molecular weight is 348 g/mol. The first-order chi connectivity index (χ1) is 12.0. The Morgan fingerprint density at radius 2 is 2.12 bits per heavy atom. The van der Waals surface area contributed by atoms with Crippen molar-refractivity contribution in [2.24, 2.45) is 0 Å². The van der Waals surface area contributed by atoms with E-state index < -0.39 is 0 Å². The molecule has 0 amide bonds. The summed E-state index contributed by atoms with van der Waals surface area (Å²) >= 11 is 0. The molecule has 0 bridgehead atoms. The zero-order valence-electron chi connectivity index (χ0n) is 16.1. The summed E-state index contributed by atoms with van der Waals surface area (Å²) in [6, 6.07) is 2.70. The van der Waals surface area contributed by atoms with Crippen molar-refractivity contribution in [3.8, 4) is 0 Å². The number of morpholine rings is 1. The van der Waals surface area contributed by atoms with Crippen LogP contribution in [0.25, 0.3) is 0 Å². The van der Waals surface area contributed by atoms with Crippen molar-refractivity contribution < 1.29 is 14.3 Å². The largest absolute Gasteiger partial charge is 0.383 e. The molecule has 5 nitrogen and oxygen atoms in total. The topological polar surface area (TPSA) is 43.7 Å². The minimum atomic E-state index is 0.232. The van der Waals surface area contributed by atoms with Gasteiger partial charge < -0.3 is 14.0 Å². The normalized spacial score (nSPS) is 25.6. The summed E-state index contributed by atoms with van der Waals surface area (Å²) in [4.78, 5) is 15.4. The molecule has 0 aromatic carbocycles. The van der Waals surface area contributed by atoms with Crippen molar-refractivity contribution in [1.82, 2.24) is 9.47 Å². The van der Waals surface area contributed by atoms with Gasteiger partial charge in [-0.05, 0) is 39.7 Å². The molecule has 0 radical (unpaired) electrons. The number of methoxy groups -OCH3 is 1. The maximum atomic E-state index is 13.0. The molecule has 1 saturated carbocycles. The number of fused-ring (bicyclic) bond motifs is 1. The third-order valence-corrected chi connectivity index (χ3v) is 5.83. The summed E-state index contributed by atoms with van der Waals surface area (Å²) in [5.74, 6) is 0.232. The number of ketones is 1. The number of carbonyl (C=O) groups is 1. The van der Waals surface area contributed by atoms with E-state index in [2.05, 4.69) is 30.2 Å². The predicted molar refractivity (Wildman–Crippen MR) is 98.4 cm³/mol. The third-order valence-electron chi connectivity index (χ3n) is 5.83. The number of rotatable bonds is 6. The Balaban J connectivity index is 1.74. The highest BCUT2D eigenvalue weighted by Gasteiger charge is 2.35. The summed E-state index contributed by atoms with van der Waals surface area (Å²) in [5.41, 5.74) is 3.04. The molecule has 0 unspecified atom stereocenters. The van der Waals surface area contributed by atoms with Crippen LogP contribution in [0.15, 0.2) is 6.07 Å². The molecule has 140 valence electrons. The van der Waals surface area contributed by atoms with Crippen LogP contribution in [0.2, 0.25) is 0 Å². The predicted octanol–water partition coefficient (Wildman–Crippen LogP) is 3.14. The number of Topliss-reactive ketones (excluding diaryl/α,β-unsaturated/α-hetero) is 1. The van der Waals surface area contributed by atoms with Gasteiger partial charge in [-0.25, -0.2) is 0 Å². The van der Waals surface area contributed by atoms with E-state index in [1.807, 2.05) is 6.07 Å². The van der Waals surface area contributed by atoms with E-state index in [-0.39, 0.29) is 11.8 Å². The lowest BCUT2D eigenvalue weighted by molar-refractivity contribution is -0.0846. The van der Waals surface area contributed by atoms with Crippen LogP contribution in [0.1, 0.15) is 60.4 Å². The smallest absolute Gasteiger partial charge is 0.178 e. The van der Waals surface area contributed by atoms with Crippen molar-refractivity contribution in [1.29, 1.82) is 0 Å². The average Bonchev–Trinajstić information content (AvgIpc) is 2.90. The Morgan fingerprint density at radius 1 is 1.36 bits per heavy atom. The van der Waals surface area contributed by atoms with Crippen molar-refractivity contribution in [2.45, 2.75) is 64.6 Å². The van der Waals surface area contributed by atoms with Gasteiger partial charge >= 0.3 is 0 Å². The Morgan fingerprint density at radius 3 is 2.88 bits per heavy atom. The van der Waals surface area contributed by atoms with Crippen LogP contribution < -0.4 is 0 Å². The molecule has 2 heterocycles. The Kier molecular flexibility index (Phi) is 5.97. The first-order valence-electron chi connectivity index (χ1n) is 9.59. The second kappa shape index (κ2) is 8.02. The maximum absolute atomic E-state index is 13.0. The zero-order chi connectivity index (χ0) is 18.0. The Hall–Kier alpha value is -1.17. The summed E-state index contributed by atoms with van der Waals surface area (Å²) < 4.78 is 13.4. The first kappa shape index (κ1) is 18.6. The van der Waals surface area contributed by atoms with Gasteiger partial charge in [-0.3, -0.25) is 9.69 Å². The van der Waals surface area contributed by atoms with Gasteiger partial charge in [-0.15, -0.1) is 0 Å². The molecular weight excluding hydrogens is 316 g/mol. The number of nitrogens with zero attached hydrogens (tertiary/aromatic N) is 2. The van der Waals surface area contributed by atoms with Crippen LogP contribution in [-0.2, 0) is 9.47 Å². The van der Waals surface area contributed by atoms with Crippen LogP contribution in [0.4, 0.5) is 0 Å². The van der Waals surface area contributed by atoms with Crippen molar-refractivity contribution in [3.63, 3.8) is 0 Å². The van der Waals surface area contributed by atoms with Gasteiger partial charge in [0.25, 0.3) is 0 Å². The molecule has 3 atom stereocenters. The number of carbonyl (C=O) groups excluding carboxylic acids is 1. The van der Waals surface area contributed by atoms with Gasteiger partial charge in [0, 0.05) is 36.6 Å². The Bertz CT molecular complexity index is 608. The highest BCUT2D eigenvalue weighted by atomic mass is 16.5. The van der Waals surface area contributed by atoms with E-state index in [9.17, 15) is 4.79 Å². The van der Waals surface area contributed by atoms with Crippen LogP contribution in [0, 0.1) is 13.8 Å². The van der Waals surface area contributed by atoms with Crippen LogP contribution in [0.5, 0.6) is 0 Å². The molecule has 1 aliphatic heterocycles. The SMILES string of the molecule is COC[C@H](C)n1c(C)cc(C(=O)CN2CCO[C@H]3CCCC[C@@H]32)c1C. The number of aromatic nitrogens is 1. The lowest BCUT2D eigenvalue weighted by Gasteiger charge is -2.43. The quantitative estimate of drug-likeness (QED) is 0.741. The van der Waals surface area contributed by atoms with Gasteiger partial charge in [0.2, 0.25) is 0 Å². The molecule has 2 aliphatic rings. The van der Waals surface area contributed by atoms with E-state index in [0.717, 1.165) is 42.9 Å². The highest BCUT2D eigenvalue weighted by molar-refractivity contribution is 5.99. The Labute approximate surface area is 151 Å². The van der Waals surface area contributed by atoms with E-state index in [0.29, 0.717) is 25.3 Å². The van der Waals surface area contributed by atoms with Gasteiger partial charge in [-0.2, -0.15) is 0 Å². The molecule has 1 saturated heterocycles. The van der Waals surface area contributed by atoms with E-state index in [1.54, 1.807) is 7.11 Å². The minimum Gasteiger partial charge on any atom is -0.383 e. The van der Waals surface area contributed by atoms with Gasteiger partial charge in [0.15, 0.2) is 5.78 Å². The summed E-state index contributed by atoms with van der Waals surface area (Å²) in [7, 11) is 1.72. The first-order valence-corrected chi connectivity index (χ1v) is 9.59. The summed E-state index contributed by atoms with van der Waals surface area (Å²) in [6.07, 6.45) is 5.12. The maximum Gasteiger partial charge on any atom is 0.178 e. The van der Waals surface area contributed by atoms with E-state index in [1.165, 1.54) is 12.8 Å². The fourth-order valence-corrected chi connectivity index (χ4v) is 4.70. The third kappa shape index (κ3) is 3.83. The van der Waals surface area contributed by atoms with Gasteiger partial charge in [-0.1, -0.05) is 12.8 Å². The molecule has 1 aromatic rings. The van der Waals surface area contributed by atoms with Crippen molar-refractivity contribution >= 4 is 5.78 Å². The number of hydrogen-bond donors (Lipinski definition) is 0.